The molecule has 0 aromatic heterocycles. The van der Waals surface area contributed by atoms with E-state index in [1.807, 2.05) is 59.7 Å². The van der Waals surface area contributed by atoms with Gasteiger partial charge in [-0.3, -0.25) is 9.59 Å². The Balaban J connectivity index is 3.41. The summed E-state index contributed by atoms with van der Waals surface area (Å²) in [6.45, 7) is 19.0. The summed E-state index contributed by atoms with van der Waals surface area (Å²) >= 11 is 0. The van der Waals surface area contributed by atoms with Crippen LogP contribution in [0.4, 0.5) is 4.79 Å². The zero-order valence-corrected chi connectivity index (χ0v) is 22.1. The van der Waals surface area contributed by atoms with Crippen LogP contribution in [0.15, 0.2) is 18.2 Å². The van der Waals surface area contributed by atoms with Crippen molar-refractivity contribution in [3.05, 3.63) is 34.9 Å². The Hall–Kier alpha value is -2.57. The summed E-state index contributed by atoms with van der Waals surface area (Å²) < 4.78 is 5.31. The van der Waals surface area contributed by atoms with Crippen molar-refractivity contribution in [2.45, 2.75) is 105 Å². The number of unbranched alkanes of at least 4 members (excludes halogenated alkanes) is 1. The molecular formula is C26H43N3O4. The normalized spacial score (nSPS) is 13.6. The van der Waals surface area contributed by atoms with Crippen LogP contribution in [-0.4, -0.2) is 46.5 Å². The molecule has 0 aliphatic carbocycles. The third-order valence-electron chi connectivity index (χ3n) is 4.93. The van der Waals surface area contributed by atoms with E-state index >= 15 is 0 Å². The van der Waals surface area contributed by atoms with Crippen molar-refractivity contribution in [1.29, 1.82) is 0 Å². The maximum absolute atomic E-state index is 13.6. The molecule has 0 fully saturated rings. The molecule has 0 spiro atoms. The van der Waals surface area contributed by atoms with Gasteiger partial charge in [-0.25, -0.2) is 4.79 Å². The smallest absolute Gasteiger partial charge is 0.408 e. The van der Waals surface area contributed by atoms with E-state index in [0.29, 0.717) is 6.54 Å². The Bertz CT molecular complexity index is 837. The second kappa shape index (κ2) is 11.5. The van der Waals surface area contributed by atoms with Crippen molar-refractivity contribution in [3.8, 4) is 0 Å². The molecule has 0 aliphatic rings. The summed E-state index contributed by atoms with van der Waals surface area (Å²) in [5.41, 5.74) is 1.57. The molecule has 2 unspecified atom stereocenters. The molecule has 2 atom stereocenters. The van der Waals surface area contributed by atoms with Crippen LogP contribution in [0.1, 0.15) is 91.0 Å². The molecule has 1 aromatic carbocycles. The van der Waals surface area contributed by atoms with Gasteiger partial charge in [0.2, 0.25) is 11.8 Å². The quantitative estimate of drug-likeness (QED) is 0.582. The molecule has 7 nitrogen and oxygen atoms in total. The molecule has 0 aliphatic heterocycles. The number of hydrogen-bond donors (Lipinski definition) is 2. The molecule has 0 heterocycles. The van der Waals surface area contributed by atoms with Crippen molar-refractivity contribution < 1.29 is 19.1 Å². The molecular weight excluding hydrogens is 418 g/mol. The van der Waals surface area contributed by atoms with E-state index in [2.05, 4.69) is 10.6 Å². The highest BCUT2D eigenvalue weighted by Gasteiger charge is 2.36. The van der Waals surface area contributed by atoms with Gasteiger partial charge in [-0.1, -0.05) is 37.1 Å². The first-order valence-electron chi connectivity index (χ1n) is 11.7. The molecule has 0 bridgehead atoms. The highest BCUT2D eigenvalue weighted by molar-refractivity contribution is 5.92. The lowest BCUT2D eigenvalue weighted by Crippen LogP contribution is -2.54. The van der Waals surface area contributed by atoms with Gasteiger partial charge in [0.05, 0.1) is 0 Å². The topological polar surface area (TPSA) is 87.7 Å². The molecule has 7 heteroatoms. The van der Waals surface area contributed by atoms with Gasteiger partial charge < -0.3 is 20.3 Å². The van der Waals surface area contributed by atoms with Crippen LogP contribution in [0.5, 0.6) is 0 Å². The SMILES string of the molecule is CCCCN(C(=O)C(C)NC(=O)OC(C)(C)C)C(C(=O)NC(C)(C)C)c1cc(C)ccc1C. The van der Waals surface area contributed by atoms with Crippen molar-refractivity contribution >= 4 is 17.9 Å². The molecule has 3 amide bonds. The fourth-order valence-electron chi connectivity index (χ4n) is 3.43. The minimum Gasteiger partial charge on any atom is -0.444 e. The minimum atomic E-state index is -0.855. The number of rotatable bonds is 8. The summed E-state index contributed by atoms with van der Waals surface area (Å²) in [7, 11) is 0. The number of nitrogens with one attached hydrogen (secondary N) is 2. The van der Waals surface area contributed by atoms with E-state index in [9.17, 15) is 14.4 Å². The Morgan fingerprint density at radius 2 is 1.67 bits per heavy atom. The fourth-order valence-corrected chi connectivity index (χ4v) is 3.43. The predicted molar refractivity (Wildman–Crippen MR) is 132 cm³/mol. The third-order valence-corrected chi connectivity index (χ3v) is 4.93. The number of aryl methyl sites for hydroxylation is 2. The van der Waals surface area contributed by atoms with Gasteiger partial charge in [0.25, 0.3) is 0 Å². The number of carbonyl (C=O) groups excluding carboxylic acids is 3. The fraction of sp³-hybridized carbons (Fsp3) is 0.654. The van der Waals surface area contributed by atoms with Crippen LogP contribution in [-0.2, 0) is 14.3 Å². The van der Waals surface area contributed by atoms with Crippen LogP contribution in [0.2, 0.25) is 0 Å². The van der Waals surface area contributed by atoms with E-state index < -0.39 is 29.3 Å². The second-order valence-electron chi connectivity index (χ2n) is 10.8. The lowest BCUT2D eigenvalue weighted by Gasteiger charge is -2.36. The van der Waals surface area contributed by atoms with E-state index in [1.165, 1.54) is 0 Å². The maximum Gasteiger partial charge on any atom is 0.408 e. The Labute approximate surface area is 199 Å². The largest absolute Gasteiger partial charge is 0.444 e. The van der Waals surface area contributed by atoms with E-state index in [1.54, 1.807) is 32.6 Å². The number of carbonyl (C=O) groups is 3. The highest BCUT2D eigenvalue weighted by atomic mass is 16.6. The number of benzene rings is 1. The lowest BCUT2D eigenvalue weighted by molar-refractivity contribution is -0.142. The Morgan fingerprint density at radius 1 is 1.06 bits per heavy atom. The van der Waals surface area contributed by atoms with Gasteiger partial charge in [0.1, 0.15) is 17.7 Å². The molecule has 1 rings (SSSR count). The van der Waals surface area contributed by atoms with Crippen molar-refractivity contribution in [2.75, 3.05) is 6.54 Å². The lowest BCUT2D eigenvalue weighted by atomic mass is 9.95. The predicted octanol–water partition coefficient (Wildman–Crippen LogP) is 4.80. The summed E-state index contributed by atoms with van der Waals surface area (Å²) in [4.78, 5) is 41.0. The van der Waals surface area contributed by atoms with Crippen molar-refractivity contribution in [3.63, 3.8) is 0 Å². The maximum atomic E-state index is 13.6. The summed E-state index contributed by atoms with van der Waals surface area (Å²) in [5.74, 6) is -0.575. The average molecular weight is 462 g/mol. The van der Waals surface area contributed by atoms with Crippen molar-refractivity contribution in [2.24, 2.45) is 0 Å². The van der Waals surface area contributed by atoms with E-state index in [-0.39, 0.29) is 11.8 Å². The van der Waals surface area contributed by atoms with Crippen LogP contribution >= 0.6 is 0 Å². The zero-order valence-electron chi connectivity index (χ0n) is 22.1. The summed E-state index contributed by atoms with van der Waals surface area (Å²) in [5, 5.41) is 5.67. The average Bonchev–Trinajstić information content (AvgIpc) is 2.63. The monoisotopic (exact) mass is 461 g/mol. The molecule has 186 valence electrons. The van der Waals surface area contributed by atoms with Crippen LogP contribution in [0, 0.1) is 13.8 Å². The zero-order chi connectivity index (χ0) is 25.6. The van der Waals surface area contributed by atoms with Gasteiger partial charge in [-0.2, -0.15) is 0 Å². The second-order valence-corrected chi connectivity index (χ2v) is 10.8. The first kappa shape index (κ1) is 28.5. The number of amides is 3. The summed E-state index contributed by atoms with van der Waals surface area (Å²) in [6, 6.07) is 4.24. The van der Waals surface area contributed by atoms with Gasteiger partial charge in [-0.15, -0.1) is 0 Å². The van der Waals surface area contributed by atoms with E-state index in [4.69, 9.17) is 4.74 Å². The molecule has 0 saturated carbocycles. The first-order chi connectivity index (χ1) is 15.1. The van der Waals surface area contributed by atoms with Crippen LogP contribution in [0.25, 0.3) is 0 Å². The Kier molecular flexibility index (Phi) is 9.94. The van der Waals surface area contributed by atoms with E-state index in [0.717, 1.165) is 29.5 Å². The van der Waals surface area contributed by atoms with Gasteiger partial charge in [0.15, 0.2) is 0 Å². The molecule has 2 N–H and O–H groups in total. The summed E-state index contributed by atoms with van der Waals surface area (Å²) in [6.07, 6.45) is 0.925. The molecule has 33 heavy (non-hydrogen) atoms. The van der Waals surface area contributed by atoms with Crippen LogP contribution < -0.4 is 10.6 Å². The first-order valence-corrected chi connectivity index (χ1v) is 11.7. The van der Waals surface area contributed by atoms with Crippen molar-refractivity contribution in [1.82, 2.24) is 15.5 Å². The van der Waals surface area contributed by atoms with Gasteiger partial charge >= 0.3 is 6.09 Å². The van der Waals surface area contributed by atoms with Gasteiger partial charge in [-0.05, 0) is 79.9 Å². The molecule has 0 saturated heterocycles. The number of alkyl carbamates (subject to hydrolysis) is 1. The molecule has 1 aromatic rings. The minimum absolute atomic E-state index is 0.245. The number of hydrogen-bond acceptors (Lipinski definition) is 4. The highest BCUT2D eigenvalue weighted by Crippen LogP contribution is 2.28. The van der Waals surface area contributed by atoms with Gasteiger partial charge in [0, 0.05) is 12.1 Å². The standard InChI is InChI=1S/C26H43N3O4/c1-11-12-15-29(23(31)19(4)27-24(32)33-26(8,9)10)21(22(30)28-25(5,6)7)20-16-17(2)13-14-18(20)3/h13-14,16,19,21H,11-12,15H2,1-10H3,(H,27,32)(H,28,30). The number of ether oxygens (including phenoxy) is 1. The molecule has 0 radical (unpaired) electrons. The Morgan fingerprint density at radius 3 is 2.18 bits per heavy atom. The third kappa shape index (κ3) is 9.44. The number of nitrogens with zero attached hydrogens (tertiary/aromatic N) is 1. The van der Waals surface area contributed by atoms with Crippen LogP contribution in [0.3, 0.4) is 0 Å².